The standard InChI is InChI=1S/C16H24N4O3/c1-13-6-10-19(11-7-13)12-16(21)18-9-8-17-14-2-4-15(5-3-14)20(22)23/h2-5,13,17H,6-12H2,1H3,(H,18,21). The lowest BCUT2D eigenvalue weighted by atomic mass is 9.99. The molecule has 23 heavy (non-hydrogen) atoms. The van der Waals surface area contributed by atoms with Gasteiger partial charge in [0.05, 0.1) is 11.5 Å². The number of carbonyl (C=O) groups excluding carboxylic acids is 1. The van der Waals surface area contributed by atoms with Crippen LogP contribution in [0.3, 0.4) is 0 Å². The van der Waals surface area contributed by atoms with E-state index >= 15 is 0 Å². The molecule has 0 unspecified atom stereocenters. The van der Waals surface area contributed by atoms with E-state index in [1.807, 2.05) is 0 Å². The topological polar surface area (TPSA) is 87.5 Å². The smallest absolute Gasteiger partial charge is 0.269 e. The maximum atomic E-state index is 11.9. The predicted molar refractivity (Wildman–Crippen MR) is 89.4 cm³/mol. The average molecular weight is 320 g/mol. The Morgan fingerprint density at radius 2 is 1.91 bits per heavy atom. The molecule has 1 fully saturated rings. The monoisotopic (exact) mass is 320 g/mol. The molecule has 0 aliphatic carbocycles. The van der Waals surface area contributed by atoms with Gasteiger partial charge in [-0.25, -0.2) is 0 Å². The number of carbonyl (C=O) groups is 1. The van der Waals surface area contributed by atoms with Crippen LogP contribution in [-0.4, -0.2) is 48.5 Å². The molecule has 7 nitrogen and oxygen atoms in total. The van der Waals surface area contributed by atoms with Crippen molar-refractivity contribution in [3.8, 4) is 0 Å². The van der Waals surface area contributed by atoms with Crippen LogP contribution >= 0.6 is 0 Å². The number of piperidine rings is 1. The Balaban J connectivity index is 1.61. The third-order valence-corrected chi connectivity index (χ3v) is 4.10. The number of likely N-dealkylation sites (tertiary alicyclic amines) is 1. The van der Waals surface area contributed by atoms with E-state index in [1.54, 1.807) is 12.1 Å². The summed E-state index contributed by atoms with van der Waals surface area (Å²) in [7, 11) is 0. The Hall–Kier alpha value is -2.15. The molecule has 0 radical (unpaired) electrons. The summed E-state index contributed by atoms with van der Waals surface area (Å²) >= 11 is 0. The molecule has 0 saturated carbocycles. The van der Waals surface area contributed by atoms with Crippen molar-refractivity contribution in [3.05, 3.63) is 34.4 Å². The number of rotatable bonds is 7. The number of amides is 1. The quantitative estimate of drug-likeness (QED) is 0.455. The van der Waals surface area contributed by atoms with E-state index in [0.29, 0.717) is 19.6 Å². The molecule has 0 aromatic heterocycles. The van der Waals surface area contributed by atoms with Gasteiger partial charge in [-0.15, -0.1) is 0 Å². The third-order valence-electron chi connectivity index (χ3n) is 4.10. The molecular formula is C16H24N4O3. The second-order valence-corrected chi connectivity index (χ2v) is 6.04. The summed E-state index contributed by atoms with van der Waals surface area (Å²) in [6.07, 6.45) is 2.32. The van der Waals surface area contributed by atoms with Crippen molar-refractivity contribution < 1.29 is 9.72 Å². The van der Waals surface area contributed by atoms with E-state index in [9.17, 15) is 14.9 Å². The van der Waals surface area contributed by atoms with Crippen LogP contribution in [0.2, 0.25) is 0 Å². The number of nitrogens with one attached hydrogen (secondary N) is 2. The van der Waals surface area contributed by atoms with Crippen LogP contribution in [0.25, 0.3) is 0 Å². The molecule has 1 aliphatic rings. The minimum absolute atomic E-state index is 0.0463. The Kier molecular flexibility index (Phi) is 6.34. The molecule has 0 atom stereocenters. The molecular weight excluding hydrogens is 296 g/mol. The number of hydrogen-bond acceptors (Lipinski definition) is 5. The molecule has 0 spiro atoms. The zero-order chi connectivity index (χ0) is 16.7. The lowest BCUT2D eigenvalue weighted by molar-refractivity contribution is -0.384. The SMILES string of the molecule is CC1CCN(CC(=O)NCCNc2ccc([N+](=O)[O-])cc2)CC1. The van der Waals surface area contributed by atoms with Gasteiger partial charge in [0, 0.05) is 30.9 Å². The first-order valence-corrected chi connectivity index (χ1v) is 8.02. The van der Waals surface area contributed by atoms with Gasteiger partial charge in [-0.05, 0) is 44.0 Å². The van der Waals surface area contributed by atoms with Crippen molar-refractivity contribution in [2.75, 3.05) is 38.0 Å². The predicted octanol–water partition coefficient (Wildman–Crippen LogP) is 1.85. The number of nitrogens with zero attached hydrogens (tertiary/aromatic N) is 2. The highest BCUT2D eigenvalue weighted by Crippen LogP contribution is 2.16. The molecule has 2 N–H and O–H groups in total. The lowest BCUT2D eigenvalue weighted by Crippen LogP contribution is -2.42. The number of anilines is 1. The van der Waals surface area contributed by atoms with Gasteiger partial charge in [0.15, 0.2) is 0 Å². The van der Waals surface area contributed by atoms with Gasteiger partial charge in [-0.3, -0.25) is 19.8 Å². The molecule has 1 aromatic carbocycles. The number of hydrogen-bond donors (Lipinski definition) is 2. The Morgan fingerprint density at radius 3 is 2.52 bits per heavy atom. The van der Waals surface area contributed by atoms with Crippen LogP contribution in [0.1, 0.15) is 19.8 Å². The van der Waals surface area contributed by atoms with Crippen molar-refractivity contribution in [2.45, 2.75) is 19.8 Å². The van der Waals surface area contributed by atoms with E-state index in [1.165, 1.54) is 12.1 Å². The molecule has 2 rings (SSSR count). The average Bonchev–Trinajstić information content (AvgIpc) is 2.54. The minimum atomic E-state index is -0.425. The fraction of sp³-hybridized carbons (Fsp3) is 0.562. The highest BCUT2D eigenvalue weighted by atomic mass is 16.6. The summed E-state index contributed by atoms with van der Waals surface area (Å²) in [4.78, 5) is 24.2. The van der Waals surface area contributed by atoms with Crippen LogP contribution in [0.5, 0.6) is 0 Å². The van der Waals surface area contributed by atoms with E-state index in [4.69, 9.17) is 0 Å². The van der Waals surface area contributed by atoms with E-state index in [0.717, 1.165) is 37.5 Å². The van der Waals surface area contributed by atoms with Gasteiger partial charge in [-0.2, -0.15) is 0 Å². The summed E-state index contributed by atoms with van der Waals surface area (Å²) in [6.45, 7) is 5.82. The second kappa shape index (κ2) is 8.47. The summed E-state index contributed by atoms with van der Waals surface area (Å²) in [5.41, 5.74) is 0.870. The fourth-order valence-electron chi connectivity index (χ4n) is 2.59. The number of benzene rings is 1. The molecule has 1 aromatic rings. The van der Waals surface area contributed by atoms with Gasteiger partial charge < -0.3 is 10.6 Å². The molecule has 7 heteroatoms. The zero-order valence-electron chi connectivity index (χ0n) is 13.5. The van der Waals surface area contributed by atoms with Crippen molar-refractivity contribution in [1.82, 2.24) is 10.2 Å². The fourth-order valence-corrected chi connectivity index (χ4v) is 2.59. The summed E-state index contributed by atoms with van der Waals surface area (Å²) in [5.74, 6) is 0.810. The number of nitro benzene ring substituents is 1. The highest BCUT2D eigenvalue weighted by Gasteiger charge is 2.17. The number of non-ortho nitro benzene ring substituents is 1. The normalized spacial score (nSPS) is 16.0. The summed E-state index contributed by atoms with van der Waals surface area (Å²) in [6, 6.07) is 6.24. The van der Waals surface area contributed by atoms with Gasteiger partial charge in [0.2, 0.25) is 5.91 Å². The van der Waals surface area contributed by atoms with Crippen LogP contribution < -0.4 is 10.6 Å². The summed E-state index contributed by atoms with van der Waals surface area (Å²) in [5, 5.41) is 16.6. The maximum absolute atomic E-state index is 11.9. The zero-order valence-corrected chi connectivity index (χ0v) is 13.5. The van der Waals surface area contributed by atoms with Crippen LogP contribution in [0.4, 0.5) is 11.4 Å². The molecule has 126 valence electrons. The highest BCUT2D eigenvalue weighted by molar-refractivity contribution is 5.78. The molecule has 1 saturated heterocycles. The first kappa shape index (κ1) is 17.2. The van der Waals surface area contributed by atoms with Crippen molar-refractivity contribution >= 4 is 17.3 Å². The minimum Gasteiger partial charge on any atom is -0.383 e. The second-order valence-electron chi connectivity index (χ2n) is 6.04. The van der Waals surface area contributed by atoms with Crippen molar-refractivity contribution in [3.63, 3.8) is 0 Å². The van der Waals surface area contributed by atoms with Crippen molar-refractivity contribution in [1.29, 1.82) is 0 Å². The van der Waals surface area contributed by atoms with Crippen LogP contribution in [0.15, 0.2) is 24.3 Å². The van der Waals surface area contributed by atoms with Crippen LogP contribution in [0, 0.1) is 16.0 Å². The molecule has 0 bridgehead atoms. The summed E-state index contributed by atoms with van der Waals surface area (Å²) < 4.78 is 0. The first-order chi connectivity index (χ1) is 11.0. The van der Waals surface area contributed by atoms with Gasteiger partial charge in [-0.1, -0.05) is 6.92 Å². The molecule has 1 aliphatic heterocycles. The molecule has 1 amide bonds. The number of nitro groups is 1. The van der Waals surface area contributed by atoms with E-state index in [-0.39, 0.29) is 11.6 Å². The maximum Gasteiger partial charge on any atom is 0.269 e. The van der Waals surface area contributed by atoms with Crippen LogP contribution in [-0.2, 0) is 4.79 Å². The van der Waals surface area contributed by atoms with E-state index in [2.05, 4.69) is 22.5 Å². The van der Waals surface area contributed by atoms with Crippen molar-refractivity contribution in [2.24, 2.45) is 5.92 Å². The van der Waals surface area contributed by atoms with Gasteiger partial charge in [0.1, 0.15) is 0 Å². The third kappa shape index (κ3) is 5.86. The first-order valence-electron chi connectivity index (χ1n) is 8.02. The van der Waals surface area contributed by atoms with Gasteiger partial charge >= 0.3 is 0 Å². The Labute approximate surface area is 136 Å². The Morgan fingerprint density at radius 1 is 1.26 bits per heavy atom. The van der Waals surface area contributed by atoms with E-state index < -0.39 is 4.92 Å². The lowest BCUT2D eigenvalue weighted by Gasteiger charge is -2.29. The largest absolute Gasteiger partial charge is 0.383 e. The van der Waals surface area contributed by atoms with Gasteiger partial charge in [0.25, 0.3) is 5.69 Å². The Bertz CT molecular complexity index is 525. The molecule has 1 heterocycles.